The topological polar surface area (TPSA) is 68.5 Å². The molecule has 3 aromatic rings. The second-order valence-electron chi connectivity index (χ2n) is 5.61. The highest BCUT2D eigenvalue weighted by molar-refractivity contribution is 9.10. The molecule has 0 spiro atoms. The van der Waals surface area contributed by atoms with Crippen LogP contribution >= 0.6 is 31.9 Å². The summed E-state index contributed by atoms with van der Waals surface area (Å²) in [4.78, 5) is 12.2. The fourth-order valence-electron chi connectivity index (χ4n) is 2.42. The number of rotatable bonds is 6. The number of aromatic nitrogens is 2. The third-order valence-corrected chi connectivity index (χ3v) is 4.65. The molecule has 0 aliphatic carbocycles. The zero-order valence-electron chi connectivity index (χ0n) is 14.4. The first-order valence-electron chi connectivity index (χ1n) is 8.00. The summed E-state index contributed by atoms with van der Waals surface area (Å²) >= 11 is 6.84. The van der Waals surface area contributed by atoms with E-state index in [-0.39, 0.29) is 5.91 Å². The minimum absolute atomic E-state index is 0.295. The minimum Gasteiger partial charge on any atom is -0.496 e. The van der Waals surface area contributed by atoms with E-state index in [1.54, 1.807) is 24.1 Å². The zero-order valence-corrected chi connectivity index (χ0v) is 17.6. The Bertz CT molecular complexity index is 985. The number of benzene rings is 2. The Morgan fingerprint density at radius 1 is 1.22 bits per heavy atom. The maximum absolute atomic E-state index is 12.2. The van der Waals surface area contributed by atoms with E-state index in [4.69, 9.17) is 4.74 Å². The summed E-state index contributed by atoms with van der Waals surface area (Å²) in [5.74, 6) is 0.280. The van der Waals surface area contributed by atoms with Crippen LogP contribution in [0.3, 0.4) is 0 Å². The van der Waals surface area contributed by atoms with Crippen molar-refractivity contribution in [2.45, 2.75) is 6.54 Å². The predicted molar refractivity (Wildman–Crippen MR) is 111 cm³/mol. The number of methoxy groups -OCH3 is 1. The molecule has 27 heavy (non-hydrogen) atoms. The lowest BCUT2D eigenvalue weighted by molar-refractivity contribution is 0.0949. The molecule has 0 bridgehead atoms. The second kappa shape index (κ2) is 8.96. The number of nitrogens with zero attached hydrogens (tertiary/aromatic N) is 3. The molecule has 0 aliphatic rings. The van der Waals surface area contributed by atoms with Gasteiger partial charge in [-0.2, -0.15) is 10.2 Å². The van der Waals surface area contributed by atoms with Crippen molar-refractivity contribution in [1.29, 1.82) is 0 Å². The molecule has 0 saturated heterocycles. The van der Waals surface area contributed by atoms with Crippen LogP contribution < -0.4 is 10.2 Å². The molecule has 0 unspecified atom stereocenters. The van der Waals surface area contributed by atoms with Crippen LogP contribution in [0.2, 0.25) is 0 Å². The van der Waals surface area contributed by atoms with Gasteiger partial charge >= 0.3 is 0 Å². The van der Waals surface area contributed by atoms with Crippen LogP contribution in [-0.4, -0.2) is 29.0 Å². The first-order chi connectivity index (χ1) is 13.0. The molecule has 0 radical (unpaired) electrons. The third kappa shape index (κ3) is 5.27. The lowest BCUT2D eigenvalue weighted by Crippen LogP contribution is -2.18. The SMILES string of the molecule is COc1ccc(Br)cc1/C=N\NC(=O)c1ccn(Cc2cccc(Br)c2)n1. The Morgan fingerprint density at radius 2 is 2.04 bits per heavy atom. The summed E-state index contributed by atoms with van der Waals surface area (Å²) < 4.78 is 8.87. The number of amides is 1. The van der Waals surface area contributed by atoms with Crippen LogP contribution in [0.4, 0.5) is 0 Å². The molecular formula is C19H16Br2N4O2. The summed E-state index contributed by atoms with van der Waals surface area (Å²) in [5, 5.41) is 8.28. The zero-order chi connectivity index (χ0) is 19.2. The average Bonchev–Trinajstić information content (AvgIpc) is 3.10. The van der Waals surface area contributed by atoms with E-state index in [9.17, 15) is 4.79 Å². The predicted octanol–water partition coefficient (Wildman–Crippen LogP) is 4.23. The quantitative estimate of drug-likeness (QED) is 0.414. The summed E-state index contributed by atoms with van der Waals surface area (Å²) in [6.45, 7) is 0.575. The molecule has 2 aromatic carbocycles. The number of hydrogen-bond donors (Lipinski definition) is 1. The number of hydrazone groups is 1. The van der Waals surface area contributed by atoms with E-state index in [0.29, 0.717) is 18.0 Å². The maximum atomic E-state index is 12.2. The monoisotopic (exact) mass is 490 g/mol. The lowest BCUT2D eigenvalue weighted by atomic mass is 10.2. The third-order valence-electron chi connectivity index (χ3n) is 3.67. The van der Waals surface area contributed by atoms with Crippen LogP contribution in [0.25, 0.3) is 0 Å². The molecule has 1 aromatic heterocycles. The van der Waals surface area contributed by atoms with Gasteiger partial charge in [-0.05, 0) is 42.0 Å². The number of ether oxygens (including phenoxy) is 1. The molecule has 0 saturated carbocycles. The largest absolute Gasteiger partial charge is 0.496 e. The summed E-state index contributed by atoms with van der Waals surface area (Å²) in [7, 11) is 1.58. The average molecular weight is 492 g/mol. The highest BCUT2D eigenvalue weighted by Gasteiger charge is 2.09. The van der Waals surface area contributed by atoms with Gasteiger partial charge in [0.1, 0.15) is 5.75 Å². The Morgan fingerprint density at radius 3 is 2.81 bits per heavy atom. The molecule has 8 heteroatoms. The van der Waals surface area contributed by atoms with Gasteiger partial charge in [0, 0.05) is 20.7 Å². The second-order valence-corrected chi connectivity index (χ2v) is 7.45. The Hall–Kier alpha value is -2.45. The molecular weight excluding hydrogens is 476 g/mol. The number of nitrogens with one attached hydrogen (secondary N) is 1. The van der Waals surface area contributed by atoms with E-state index >= 15 is 0 Å². The van der Waals surface area contributed by atoms with Crippen molar-refractivity contribution in [3.8, 4) is 5.75 Å². The van der Waals surface area contributed by atoms with Gasteiger partial charge in [-0.15, -0.1) is 0 Å². The van der Waals surface area contributed by atoms with Crippen molar-refractivity contribution in [2.75, 3.05) is 7.11 Å². The highest BCUT2D eigenvalue weighted by atomic mass is 79.9. The standard InChI is InChI=1S/C19H16Br2N4O2/c1-27-18-6-5-16(21)10-14(18)11-22-23-19(26)17-7-8-25(24-17)12-13-3-2-4-15(20)9-13/h2-11H,12H2,1H3,(H,23,26)/b22-11-. The van der Waals surface area contributed by atoms with Crippen LogP contribution in [-0.2, 0) is 6.54 Å². The van der Waals surface area contributed by atoms with Crippen molar-refractivity contribution in [2.24, 2.45) is 5.10 Å². The molecule has 1 N–H and O–H groups in total. The number of halogens is 2. The van der Waals surface area contributed by atoms with Crippen molar-refractivity contribution in [3.05, 3.63) is 80.5 Å². The van der Waals surface area contributed by atoms with Crippen LogP contribution in [0, 0.1) is 0 Å². The summed E-state index contributed by atoms with van der Waals surface area (Å²) in [6.07, 6.45) is 3.29. The lowest BCUT2D eigenvalue weighted by Gasteiger charge is -2.04. The van der Waals surface area contributed by atoms with Gasteiger partial charge < -0.3 is 4.74 Å². The number of carbonyl (C=O) groups is 1. The van der Waals surface area contributed by atoms with Gasteiger partial charge in [-0.3, -0.25) is 9.48 Å². The van der Waals surface area contributed by atoms with Crippen LogP contribution in [0.5, 0.6) is 5.75 Å². The molecule has 0 atom stereocenters. The Labute approximate surface area is 173 Å². The molecule has 138 valence electrons. The van der Waals surface area contributed by atoms with Gasteiger partial charge in [0.05, 0.1) is 19.9 Å². The summed E-state index contributed by atoms with van der Waals surface area (Å²) in [5.41, 5.74) is 4.60. The van der Waals surface area contributed by atoms with Gasteiger partial charge in [0.2, 0.25) is 0 Å². The molecule has 3 rings (SSSR count). The Balaban J connectivity index is 1.64. The highest BCUT2D eigenvalue weighted by Crippen LogP contribution is 2.21. The maximum Gasteiger partial charge on any atom is 0.291 e. The van der Waals surface area contributed by atoms with Gasteiger partial charge in [-0.1, -0.05) is 44.0 Å². The van der Waals surface area contributed by atoms with Crippen molar-refractivity contribution >= 4 is 44.0 Å². The van der Waals surface area contributed by atoms with E-state index in [1.165, 1.54) is 6.21 Å². The van der Waals surface area contributed by atoms with E-state index in [2.05, 4.69) is 47.5 Å². The molecule has 0 fully saturated rings. The molecule has 0 aliphatic heterocycles. The normalized spacial score (nSPS) is 10.9. The fraction of sp³-hybridized carbons (Fsp3) is 0.105. The molecule has 1 amide bonds. The van der Waals surface area contributed by atoms with Crippen molar-refractivity contribution in [3.63, 3.8) is 0 Å². The first-order valence-corrected chi connectivity index (χ1v) is 9.58. The van der Waals surface area contributed by atoms with Gasteiger partial charge in [-0.25, -0.2) is 5.43 Å². The van der Waals surface area contributed by atoms with Gasteiger partial charge in [0.25, 0.3) is 5.91 Å². The molecule has 6 nitrogen and oxygen atoms in total. The smallest absolute Gasteiger partial charge is 0.291 e. The van der Waals surface area contributed by atoms with E-state index < -0.39 is 0 Å². The van der Waals surface area contributed by atoms with E-state index in [1.807, 2.05) is 42.5 Å². The first kappa shape index (κ1) is 19.3. The molecule has 1 heterocycles. The minimum atomic E-state index is -0.381. The van der Waals surface area contributed by atoms with Crippen molar-refractivity contribution < 1.29 is 9.53 Å². The fourth-order valence-corrected chi connectivity index (χ4v) is 3.24. The van der Waals surface area contributed by atoms with Crippen LogP contribution in [0.15, 0.2) is 68.8 Å². The summed E-state index contributed by atoms with van der Waals surface area (Å²) in [6, 6.07) is 15.1. The van der Waals surface area contributed by atoms with E-state index in [0.717, 1.165) is 20.1 Å². The number of hydrogen-bond acceptors (Lipinski definition) is 4. The number of carbonyl (C=O) groups excluding carboxylic acids is 1. The van der Waals surface area contributed by atoms with Crippen molar-refractivity contribution in [1.82, 2.24) is 15.2 Å². The Kier molecular flexibility index (Phi) is 6.41. The van der Waals surface area contributed by atoms with Gasteiger partial charge in [0.15, 0.2) is 5.69 Å². The van der Waals surface area contributed by atoms with Crippen LogP contribution in [0.1, 0.15) is 21.6 Å².